The summed E-state index contributed by atoms with van der Waals surface area (Å²) in [5.74, 6) is 0. The largest absolute Gasteiger partial charge is 0.222 e. The second-order valence-corrected chi connectivity index (χ2v) is 5.37. The standard InChI is InChI=1S/C16H14N.ClHO4/c1-2-6-14(7-3-1)12-17-11-10-15-8-4-5-9-16(15)13-17;2-1(3,4)5/h1-11,13H,12H2;(H,2,3,4,5)/q+1;/p-1. The highest BCUT2D eigenvalue weighted by atomic mass is 35.7. The Morgan fingerprint density at radius 1 is 0.727 bits per heavy atom. The normalized spacial score (nSPS) is 10.9. The third kappa shape index (κ3) is 5.77. The van der Waals surface area contributed by atoms with Crippen LogP contribution in [0.15, 0.2) is 73.1 Å². The summed E-state index contributed by atoms with van der Waals surface area (Å²) in [7, 11) is -4.94. The Bertz CT molecular complexity index is 723. The van der Waals surface area contributed by atoms with Crippen molar-refractivity contribution in [2.45, 2.75) is 6.54 Å². The first kappa shape index (κ1) is 16.4. The zero-order chi connectivity index (χ0) is 16.0. The molecule has 1 heterocycles. The van der Waals surface area contributed by atoms with Gasteiger partial charge >= 0.3 is 0 Å². The summed E-state index contributed by atoms with van der Waals surface area (Å²) in [6.07, 6.45) is 4.33. The van der Waals surface area contributed by atoms with E-state index in [-0.39, 0.29) is 0 Å². The minimum atomic E-state index is -4.94. The molecule has 0 fully saturated rings. The molecule has 3 rings (SSSR count). The predicted molar refractivity (Wildman–Crippen MR) is 69.7 cm³/mol. The molecule has 0 saturated heterocycles. The Morgan fingerprint density at radius 3 is 1.91 bits per heavy atom. The molecule has 0 unspecified atom stereocenters. The van der Waals surface area contributed by atoms with Crippen molar-refractivity contribution in [1.82, 2.24) is 0 Å². The average molecular weight is 320 g/mol. The predicted octanol–water partition coefficient (Wildman–Crippen LogP) is -1.58. The molecule has 0 saturated carbocycles. The van der Waals surface area contributed by atoms with E-state index in [4.69, 9.17) is 18.6 Å². The number of hydrogen-bond donors (Lipinski definition) is 0. The third-order valence-electron chi connectivity index (χ3n) is 2.95. The molecule has 0 aliphatic heterocycles. The van der Waals surface area contributed by atoms with Gasteiger partial charge in [0.2, 0.25) is 0 Å². The van der Waals surface area contributed by atoms with E-state index in [1.165, 1.54) is 16.3 Å². The maximum atomic E-state index is 8.49. The Morgan fingerprint density at radius 2 is 1.27 bits per heavy atom. The van der Waals surface area contributed by atoms with Crippen LogP contribution in [0.2, 0.25) is 0 Å². The monoisotopic (exact) mass is 319 g/mol. The van der Waals surface area contributed by atoms with Crippen molar-refractivity contribution < 1.29 is 33.4 Å². The third-order valence-corrected chi connectivity index (χ3v) is 2.95. The summed E-state index contributed by atoms with van der Waals surface area (Å²) in [5, 5.41) is 2.57. The van der Waals surface area contributed by atoms with Gasteiger partial charge in [-0.1, -0.05) is 48.5 Å². The maximum absolute atomic E-state index is 8.49. The van der Waals surface area contributed by atoms with E-state index in [2.05, 4.69) is 77.6 Å². The molecular formula is C16H14ClNO4. The second kappa shape index (κ2) is 7.31. The highest BCUT2D eigenvalue weighted by Gasteiger charge is 2.03. The molecule has 0 amide bonds. The first-order chi connectivity index (χ1) is 10.4. The van der Waals surface area contributed by atoms with Crippen LogP contribution in [0.5, 0.6) is 0 Å². The number of hydrogen-bond acceptors (Lipinski definition) is 4. The van der Waals surface area contributed by atoms with Crippen LogP contribution >= 0.6 is 0 Å². The van der Waals surface area contributed by atoms with Crippen LogP contribution in [-0.2, 0) is 6.54 Å². The Kier molecular flexibility index (Phi) is 5.43. The summed E-state index contributed by atoms with van der Waals surface area (Å²) < 4.78 is 36.2. The average Bonchev–Trinajstić information content (AvgIpc) is 2.46. The SMILES string of the molecule is [O-][Cl+3]([O-])([O-])[O-].c1ccc(C[n+]2ccc3ccccc3c2)cc1. The molecule has 0 radical (unpaired) electrons. The maximum Gasteiger partial charge on any atom is 0.176 e. The molecule has 0 aliphatic rings. The van der Waals surface area contributed by atoms with Gasteiger partial charge in [0.05, 0.1) is 0 Å². The van der Waals surface area contributed by atoms with E-state index in [1.807, 2.05) is 0 Å². The molecule has 114 valence electrons. The summed E-state index contributed by atoms with van der Waals surface area (Å²) in [5.41, 5.74) is 1.33. The molecular weight excluding hydrogens is 306 g/mol. The lowest BCUT2D eigenvalue weighted by molar-refractivity contribution is -2.00. The topological polar surface area (TPSA) is 96.1 Å². The Balaban J connectivity index is 0.000000309. The molecule has 1 aromatic heterocycles. The number of rotatable bonds is 2. The van der Waals surface area contributed by atoms with Crippen molar-refractivity contribution in [3.05, 3.63) is 78.6 Å². The van der Waals surface area contributed by atoms with E-state index in [1.54, 1.807) is 0 Å². The first-order valence-electron chi connectivity index (χ1n) is 6.45. The summed E-state index contributed by atoms with van der Waals surface area (Å²) >= 11 is 0. The molecule has 0 atom stereocenters. The van der Waals surface area contributed by atoms with Crippen molar-refractivity contribution in [2.75, 3.05) is 0 Å². The van der Waals surface area contributed by atoms with Crippen LogP contribution < -0.4 is 23.2 Å². The summed E-state index contributed by atoms with van der Waals surface area (Å²) in [4.78, 5) is 0. The fourth-order valence-corrected chi connectivity index (χ4v) is 2.07. The van der Waals surface area contributed by atoms with Crippen molar-refractivity contribution in [3.63, 3.8) is 0 Å². The zero-order valence-corrected chi connectivity index (χ0v) is 12.3. The number of benzene rings is 2. The van der Waals surface area contributed by atoms with Gasteiger partial charge in [-0.05, 0) is 11.5 Å². The lowest BCUT2D eigenvalue weighted by Crippen LogP contribution is -2.68. The van der Waals surface area contributed by atoms with Crippen LogP contribution in [0, 0.1) is 10.2 Å². The van der Waals surface area contributed by atoms with Gasteiger partial charge in [-0.2, -0.15) is 0 Å². The van der Waals surface area contributed by atoms with Gasteiger partial charge < -0.3 is 0 Å². The fraction of sp³-hybridized carbons (Fsp3) is 0.0625. The van der Waals surface area contributed by atoms with Gasteiger partial charge in [0.15, 0.2) is 18.9 Å². The number of pyridine rings is 1. The van der Waals surface area contributed by atoms with Crippen molar-refractivity contribution >= 4 is 10.8 Å². The van der Waals surface area contributed by atoms with Crippen molar-refractivity contribution in [2.24, 2.45) is 0 Å². The van der Waals surface area contributed by atoms with E-state index in [0.29, 0.717) is 0 Å². The summed E-state index contributed by atoms with van der Waals surface area (Å²) in [6.45, 7) is 0.922. The molecule has 5 nitrogen and oxygen atoms in total. The van der Waals surface area contributed by atoms with E-state index >= 15 is 0 Å². The van der Waals surface area contributed by atoms with Gasteiger partial charge in [0.1, 0.15) is 0 Å². The van der Waals surface area contributed by atoms with Crippen LogP contribution in [-0.4, -0.2) is 0 Å². The Labute approximate surface area is 130 Å². The fourth-order valence-electron chi connectivity index (χ4n) is 2.07. The number of nitrogens with zero attached hydrogens (tertiary/aromatic N) is 1. The van der Waals surface area contributed by atoms with Crippen molar-refractivity contribution in [1.29, 1.82) is 0 Å². The van der Waals surface area contributed by atoms with E-state index in [0.717, 1.165) is 6.54 Å². The smallest absolute Gasteiger partial charge is 0.176 e. The zero-order valence-electron chi connectivity index (χ0n) is 11.6. The summed E-state index contributed by atoms with van der Waals surface area (Å²) in [6, 6.07) is 21.1. The quantitative estimate of drug-likeness (QED) is 0.532. The Hall–Kier alpha value is -2.02. The lowest BCUT2D eigenvalue weighted by Gasteiger charge is -2.17. The van der Waals surface area contributed by atoms with Crippen LogP contribution in [0.1, 0.15) is 5.56 Å². The second-order valence-electron chi connectivity index (χ2n) is 4.61. The first-order valence-corrected chi connectivity index (χ1v) is 7.69. The number of fused-ring (bicyclic) bond motifs is 1. The minimum absolute atomic E-state index is 0.922. The van der Waals surface area contributed by atoms with Gasteiger partial charge in [-0.15, -0.1) is 10.2 Å². The lowest BCUT2D eigenvalue weighted by atomic mass is 10.1. The van der Waals surface area contributed by atoms with Crippen molar-refractivity contribution in [3.8, 4) is 0 Å². The molecule has 0 N–H and O–H groups in total. The van der Waals surface area contributed by atoms with Crippen LogP contribution in [0.4, 0.5) is 0 Å². The molecule has 3 aromatic rings. The van der Waals surface area contributed by atoms with Gasteiger partial charge in [-0.25, -0.2) is 23.2 Å². The van der Waals surface area contributed by atoms with E-state index in [9.17, 15) is 0 Å². The van der Waals surface area contributed by atoms with E-state index < -0.39 is 10.2 Å². The van der Waals surface area contributed by atoms with Gasteiger partial charge in [-0.3, -0.25) is 0 Å². The van der Waals surface area contributed by atoms with Gasteiger partial charge in [0.25, 0.3) is 0 Å². The molecule has 0 aliphatic carbocycles. The molecule has 2 aromatic carbocycles. The molecule has 6 heteroatoms. The van der Waals surface area contributed by atoms with Gasteiger partial charge in [0, 0.05) is 17.0 Å². The molecule has 0 spiro atoms. The minimum Gasteiger partial charge on any atom is -0.222 e. The molecule has 22 heavy (non-hydrogen) atoms. The number of halogens is 1. The number of aromatic nitrogens is 1. The highest BCUT2D eigenvalue weighted by Crippen LogP contribution is 2.10. The van der Waals surface area contributed by atoms with Crippen LogP contribution in [0.3, 0.4) is 0 Å². The molecule has 0 bridgehead atoms. The van der Waals surface area contributed by atoms with Crippen LogP contribution in [0.25, 0.3) is 10.8 Å². The highest BCUT2D eigenvalue weighted by molar-refractivity contribution is 5.80.